The Hall–Kier alpha value is -0.617. The molecule has 0 aliphatic heterocycles. The molecule has 1 N–H and O–H groups in total. The van der Waals surface area contributed by atoms with E-state index in [0.717, 1.165) is 6.42 Å². The summed E-state index contributed by atoms with van der Waals surface area (Å²) in [5, 5.41) is 0. The van der Waals surface area contributed by atoms with Crippen molar-refractivity contribution in [3.63, 3.8) is 0 Å². The van der Waals surface area contributed by atoms with Crippen LogP contribution in [0.2, 0.25) is 0 Å². The molecule has 0 spiro atoms. The summed E-state index contributed by atoms with van der Waals surface area (Å²) in [7, 11) is 0. The number of rotatable bonds is 0. The number of nitrogens with one attached hydrogen (secondary N) is 1. The Morgan fingerprint density at radius 2 is 2.15 bits per heavy atom. The molecule has 2 rings (SSSR count). The van der Waals surface area contributed by atoms with Crippen molar-refractivity contribution in [2.24, 2.45) is 0 Å². The third-order valence-corrected chi connectivity index (χ3v) is 1.81. The van der Waals surface area contributed by atoms with Crippen LogP contribution < -0.4 is 0 Å². The molecule has 0 aromatic carbocycles. The smallest absolute Gasteiger partial charge is 0.484 e. The van der Waals surface area contributed by atoms with Gasteiger partial charge < -0.3 is 4.98 Å². The Morgan fingerprint density at radius 1 is 1.38 bits per heavy atom. The quantitative estimate of drug-likeness (QED) is 0.545. The van der Waals surface area contributed by atoms with Crippen LogP contribution in [0.1, 0.15) is 20.3 Å². The van der Waals surface area contributed by atoms with Gasteiger partial charge in [0.1, 0.15) is 0 Å². The predicted molar refractivity (Wildman–Crippen MR) is 50.4 cm³/mol. The van der Waals surface area contributed by atoms with Crippen LogP contribution >= 0.6 is 0 Å². The van der Waals surface area contributed by atoms with Gasteiger partial charge in [-0.2, -0.15) is 24.4 Å². The van der Waals surface area contributed by atoms with Crippen molar-refractivity contribution >= 4 is 0 Å². The van der Waals surface area contributed by atoms with Crippen molar-refractivity contribution in [1.29, 1.82) is 0 Å². The zero-order valence-corrected chi connectivity index (χ0v) is 9.61. The van der Waals surface area contributed by atoms with Crippen LogP contribution in [0.25, 0.3) is 0 Å². The molecule has 1 heterocycles. The Bertz CT molecular complexity index is 253. The Kier molecular flexibility index (Phi) is 6.53. The minimum Gasteiger partial charge on any atom is -0.484 e. The van der Waals surface area contributed by atoms with E-state index in [-0.39, 0.29) is 19.5 Å². The summed E-state index contributed by atoms with van der Waals surface area (Å²) < 4.78 is 0. The zero-order valence-electron chi connectivity index (χ0n) is 7.87. The maximum Gasteiger partial charge on any atom is 2.00 e. The van der Waals surface area contributed by atoms with Gasteiger partial charge in [-0.15, -0.1) is 13.1 Å². The minimum atomic E-state index is 0. The van der Waals surface area contributed by atoms with Crippen molar-refractivity contribution in [3.05, 3.63) is 47.8 Å². The fraction of sp³-hybridized carbons (Fsp3) is 0.273. The average molecular weight is 260 g/mol. The SMILES string of the molecule is CC1=C(C)CC=[C-]1.[Ru+2].[c-]1ccc[nH]1. The van der Waals surface area contributed by atoms with Gasteiger partial charge in [0, 0.05) is 0 Å². The third-order valence-electron chi connectivity index (χ3n) is 1.81. The summed E-state index contributed by atoms with van der Waals surface area (Å²) >= 11 is 0. The van der Waals surface area contributed by atoms with Gasteiger partial charge in [-0.25, -0.2) is 11.1 Å². The largest absolute Gasteiger partial charge is 2.00 e. The molecule has 1 nitrogen and oxygen atoms in total. The first-order valence-corrected chi connectivity index (χ1v) is 4.04. The van der Waals surface area contributed by atoms with Crippen LogP contribution in [-0.2, 0) is 19.5 Å². The summed E-state index contributed by atoms with van der Waals surface area (Å²) in [6, 6.07) is 3.71. The molecule has 13 heavy (non-hydrogen) atoms. The summed E-state index contributed by atoms with van der Waals surface area (Å²) in [5.41, 5.74) is 2.78. The van der Waals surface area contributed by atoms with Crippen LogP contribution in [0.4, 0.5) is 0 Å². The number of aromatic nitrogens is 1. The van der Waals surface area contributed by atoms with Crippen LogP contribution in [0.3, 0.4) is 0 Å². The minimum absolute atomic E-state index is 0. The molecular formula is C11H13NRu. The molecule has 0 bridgehead atoms. The topological polar surface area (TPSA) is 15.8 Å². The molecule has 1 aliphatic carbocycles. The van der Waals surface area contributed by atoms with E-state index >= 15 is 0 Å². The molecule has 0 amide bonds. The summed E-state index contributed by atoms with van der Waals surface area (Å²) in [4.78, 5) is 2.74. The van der Waals surface area contributed by atoms with E-state index in [0.29, 0.717) is 0 Å². The van der Waals surface area contributed by atoms with Crippen molar-refractivity contribution in [1.82, 2.24) is 4.98 Å². The van der Waals surface area contributed by atoms with Crippen molar-refractivity contribution in [2.75, 3.05) is 0 Å². The number of H-pyrrole nitrogens is 1. The van der Waals surface area contributed by atoms with Crippen LogP contribution in [0.5, 0.6) is 0 Å². The maximum atomic E-state index is 3.12. The first-order chi connectivity index (χ1) is 5.80. The molecule has 0 atom stereocenters. The summed E-state index contributed by atoms with van der Waals surface area (Å²) in [6.07, 6.45) is 10.9. The molecule has 0 unspecified atom stereocenters. The number of allylic oxidation sites excluding steroid dienone is 4. The van der Waals surface area contributed by atoms with Gasteiger partial charge >= 0.3 is 19.5 Å². The molecule has 70 valence electrons. The van der Waals surface area contributed by atoms with E-state index in [1.807, 2.05) is 18.3 Å². The third kappa shape index (κ3) is 4.84. The second kappa shape index (κ2) is 6.85. The second-order valence-electron chi connectivity index (χ2n) is 2.77. The normalized spacial score (nSPS) is 13.4. The first-order valence-electron chi connectivity index (χ1n) is 4.04. The fourth-order valence-electron chi connectivity index (χ4n) is 0.874. The molecule has 0 saturated carbocycles. The number of aromatic amines is 1. The zero-order chi connectivity index (χ0) is 8.81. The van der Waals surface area contributed by atoms with Crippen LogP contribution in [0.15, 0.2) is 35.6 Å². The van der Waals surface area contributed by atoms with Crippen molar-refractivity contribution in [3.8, 4) is 0 Å². The Morgan fingerprint density at radius 3 is 2.31 bits per heavy atom. The number of hydrogen-bond donors (Lipinski definition) is 1. The van der Waals surface area contributed by atoms with Gasteiger partial charge in [0.05, 0.1) is 0 Å². The van der Waals surface area contributed by atoms with Gasteiger partial charge in [0.25, 0.3) is 0 Å². The van der Waals surface area contributed by atoms with E-state index in [1.54, 1.807) is 0 Å². The molecule has 2 heteroatoms. The molecule has 1 aromatic heterocycles. The Labute approximate surface area is 92.7 Å². The maximum absolute atomic E-state index is 3.12. The van der Waals surface area contributed by atoms with E-state index in [1.165, 1.54) is 11.1 Å². The summed E-state index contributed by atoms with van der Waals surface area (Å²) in [6.45, 7) is 4.24. The van der Waals surface area contributed by atoms with E-state index < -0.39 is 0 Å². The fourth-order valence-corrected chi connectivity index (χ4v) is 0.874. The predicted octanol–water partition coefficient (Wildman–Crippen LogP) is 2.90. The summed E-state index contributed by atoms with van der Waals surface area (Å²) in [5.74, 6) is 0. The molecular weight excluding hydrogens is 247 g/mol. The molecule has 0 radical (unpaired) electrons. The van der Waals surface area contributed by atoms with E-state index in [9.17, 15) is 0 Å². The molecule has 0 saturated heterocycles. The standard InChI is InChI=1S/C7H9.C4H4N.Ru/c1-6-4-3-5-7(6)2;1-2-4-5-3-1;/h3H,4H2,1-2H3;1-3,5H;/q2*-1;+2. The van der Waals surface area contributed by atoms with E-state index in [4.69, 9.17) is 0 Å². The van der Waals surface area contributed by atoms with Gasteiger partial charge in [0.15, 0.2) is 0 Å². The van der Waals surface area contributed by atoms with Crippen LogP contribution in [-0.4, -0.2) is 4.98 Å². The van der Waals surface area contributed by atoms with E-state index in [2.05, 4.69) is 37.2 Å². The monoisotopic (exact) mass is 261 g/mol. The second-order valence-corrected chi connectivity index (χ2v) is 2.77. The van der Waals surface area contributed by atoms with Gasteiger partial charge in [0.2, 0.25) is 0 Å². The average Bonchev–Trinajstić information content (AvgIpc) is 2.67. The number of hydrogen-bond acceptors (Lipinski definition) is 0. The van der Waals surface area contributed by atoms with Crippen LogP contribution in [0, 0.1) is 12.3 Å². The first kappa shape index (κ1) is 12.4. The van der Waals surface area contributed by atoms with Gasteiger partial charge in [-0.05, 0) is 0 Å². The van der Waals surface area contributed by atoms with Crippen molar-refractivity contribution in [2.45, 2.75) is 20.3 Å². The van der Waals surface area contributed by atoms with Crippen molar-refractivity contribution < 1.29 is 19.5 Å². The molecule has 1 aliphatic rings. The molecule has 1 aromatic rings. The van der Waals surface area contributed by atoms with Gasteiger partial charge in [-0.1, -0.05) is 13.3 Å². The van der Waals surface area contributed by atoms with Gasteiger partial charge in [-0.3, -0.25) is 6.08 Å². The Balaban J connectivity index is 0.000000215. The molecule has 0 fully saturated rings.